The molecule has 3 aromatic rings. The van der Waals surface area contributed by atoms with Gasteiger partial charge in [-0.15, -0.1) is 0 Å². The van der Waals surface area contributed by atoms with Crippen LogP contribution in [-0.4, -0.2) is 29.3 Å². The van der Waals surface area contributed by atoms with E-state index in [9.17, 15) is 4.79 Å². The van der Waals surface area contributed by atoms with E-state index in [0.717, 1.165) is 10.9 Å². The number of hydrogen-bond acceptors (Lipinski definition) is 6. The maximum absolute atomic E-state index is 12.2. The van der Waals surface area contributed by atoms with E-state index in [4.69, 9.17) is 14.2 Å². The van der Waals surface area contributed by atoms with Gasteiger partial charge in [-0.05, 0) is 31.2 Å². The normalized spacial score (nSPS) is 12.2. The van der Waals surface area contributed by atoms with E-state index in [1.807, 2.05) is 24.3 Å². The van der Waals surface area contributed by atoms with Crippen LogP contribution in [0.5, 0.6) is 17.4 Å². The van der Waals surface area contributed by atoms with Crippen LogP contribution in [0, 0.1) is 6.92 Å². The van der Waals surface area contributed by atoms with Crippen LogP contribution in [0.15, 0.2) is 42.5 Å². The van der Waals surface area contributed by atoms with Crippen LogP contribution in [0.1, 0.15) is 5.82 Å². The third-order valence-electron chi connectivity index (χ3n) is 3.68. The Kier molecular flexibility index (Phi) is 3.81. The first-order valence-corrected chi connectivity index (χ1v) is 7.75. The van der Waals surface area contributed by atoms with E-state index >= 15 is 0 Å². The standard InChI is InChI=1S/C18H15N3O4/c1-11-19-14-5-3-2-4-13(14)18(20-11)23-9-17(22)21-12-6-7-15-16(8-12)25-10-24-15/h2-8H,9-10H2,1H3,(H,21,22). The number of aromatic nitrogens is 2. The van der Waals surface area contributed by atoms with Crippen molar-refractivity contribution in [2.45, 2.75) is 6.92 Å². The van der Waals surface area contributed by atoms with E-state index < -0.39 is 0 Å². The second kappa shape index (κ2) is 6.27. The van der Waals surface area contributed by atoms with Crippen LogP contribution < -0.4 is 19.5 Å². The van der Waals surface area contributed by atoms with E-state index in [-0.39, 0.29) is 19.3 Å². The van der Waals surface area contributed by atoms with Gasteiger partial charge in [0.2, 0.25) is 12.7 Å². The lowest BCUT2D eigenvalue weighted by Gasteiger charge is -2.10. The van der Waals surface area contributed by atoms with Gasteiger partial charge >= 0.3 is 0 Å². The molecule has 0 saturated carbocycles. The molecule has 1 N–H and O–H groups in total. The van der Waals surface area contributed by atoms with Crippen molar-refractivity contribution in [1.29, 1.82) is 0 Å². The third kappa shape index (κ3) is 3.16. The Morgan fingerprint density at radius 2 is 2.00 bits per heavy atom. The minimum atomic E-state index is -0.292. The van der Waals surface area contributed by atoms with Crippen LogP contribution in [0.3, 0.4) is 0 Å². The summed E-state index contributed by atoms with van der Waals surface area (Å²) in [5, 5.41) is 3.53. The van der Waals surface area contributed by atoms with Crippen LogP contribution in [0.25, 0.3) is 10.9 Å². The molecule has 0 bridgehead atoms. The molecule has 7 heteroatoms. The number of hydrogen-bond donors (Lipinski definition) is 1. The molecule has 0 saturated heterocycles. The number of amides is 1. The molecule has 1 aromatic heterocycles. The highest BCUT2D eigenvalue weighted by atomic mass is 16.7. The number of anilines is 1. The van der Waals surface area contributed by atoms with E-state index in [0.29, 0.717) is 28.9 Å². The van der Waals surface area contributed by atoms with Crippen LogP contribution in [0.2, 0.25) is 0 Å². The SMILES string of the molecule is Cc1nc(OCC(=O)Nc2ccc3c(c2)OCO3)c2ccccc2n1. The molecule has 126 valence electrons. The zero-order valence-electron chi connectivity index (χ0n) is 13.5. The average Bonchev–Trinajstić information content (AvgIpc) is 3.07. The molecule has 1 aliphatic heterocycles. The summed E-state index contributed by atoms with van der Waals surface area (Å²) in [5.41, 5.74) is 1.39. The first-order valence-electron chi connectivity index (χ1n) is 7.75. The van der Waals surface area contributed by atoms with Crippen LogP contribution >= 0.6 is 0 Å². The number of carbonyl (C=O) groups is 1. The molecule has 1 amide bonds. The molecule has 0 aliphatic carbocycles. The third-order valence-corrected chi connectivity index (χ3v) is 3.68. The summed E-state index contributed by atoms with van der Waals surface area (Å²) in [6.45, 7) is 1.82. The molecular weight excluding hydrogens is 322 g/mol. The number of carbonyl (C=O) groups excluding carboxylic acids is 1. The van der Waals surface area contributed by atoms with Crippen molar-refractivity contribution in [2.24, 2.45) is 0 Å². The highest BCUT2D eigenvalue weighted by molar-refractivity contribution is 5.92. The van der Waals surface area contributed by atoms with Crippen molar-refractivity contribution in [3.63, 3.8) is 0 Å². The minimum absolute atomic E-state index is 0.158. The molecule has 0 unspecified atom stereocenters. The lowest BCUT2D eigenvalue weighted by molar-refractivity contribution is -0.118. The lowest BCUT2D eigenvalue weighted by Crippen LogP contribution is -2.20. The zero-order chi connectivity index (χ0) is 17.2. The Bertz CT molecular complexity index is 958. The summed E-state index contributed by atoms with van der Waals surface area (Å²) in [4.78, 5) is 20.8. The summed E-state index contributed by atoms with van der Waals surface area (Å²) >= 11 is 0. The highest BCUT2D eigenvalue weighted by Gasteiger charge is 2.15. The van der Waals surface area contributed by atoms with Gasteiger partial charge in [0.1, 0.15) is 5.82 Å². The average molecular weight is 337 g/mol. The monoisotopic (exact) mass is 337 g/mol. The Morgan fingerprint density at radius 1 is 1.16 bits per heavy atom. The maximum Gasteiger partial charge on any atom is 0.262 e. The predicted molar refractivity (Wildman–Crippen MR) is 91.0 cm³/mol. The summed E-state index contributed by atoms with van der Waals surface area (Å²) in [6.07, 6.45) is 0. The molecule has 0 spiro atoms. The van der Waals surface area contributed by atoms with Crippen LogP contribution in [0.4, 0.5) is 5.69 Å². The van der Waals surface area contributed by atoms with Crippen molar-refractivity contribution in [2.75, 3.05) is 18.7 Å². The summed E-state index contributed by atoms with van der Waals surface area (Å²) in [7, 11) is 0. The molecule has 2 heterocycles. The number of aryl methyl sites for hydroxylation is 1. The quantitative estimate of drug-likeness (QED) is 0.788. The van der Waals surface area contributed by atoms with Gasteiger partial charge in [-0.25, -0.2) is 4.98 Å². The molecule has 4 rings (SSSR count). The largest absolute Gasteiger partial charge is 0.467 e. The van der Waals surface area contributed by atoms with Crippen molar-refractivity contribution >= 4 is 22.5 Å². The van der Waals surface area contributed by atoms with E-state index in [1.54, 1.807) is 25.1 Å². The molecule has 1 aliphatic rings. The Balaban J connectivity index is 1.45. The second-order valence-corrected chi connectivity index (χ2v) is 5.50. The number of benzene rings is 2. The number of rotatable bonds is 4. The topological polar surface area (TPSA) is 82.6 Å². The van der Waals surface area contributed by atoms with Gasteiger partial charge in [0.25, 0.3) is 5.91 Å². The molecule has 0 radical (unpaired) electrons. The van der Waals surface area contributed by atoms with Crippen molar-refractivity contribution in [1.82, 2.24) is 9.97 Å². The fourth-order valence-corrected chi connectivity index (χ4v) is 2.57. The van der Waals surface area contributed by atoms with E-state index in [1.165, 1.54) is 0 Å². The van der Waals surface area contributed by atoms with Gasteiger partial charge in [-0.3, -0.25) is 4.79 Å². The van der Waals surface area contributed by atoms with Gasteiger partial charge in [0, 0.05) is 11.8 Å². The molecule has 0 fully saturated rings. The van der Waals surface area contributed by atoms with Crippen molar-refractivity contribution in [3.05, 3.63) is 48.3 Å². The van der Waals surface area contributed by atoms with Gasteiger partial charge in [-0.1, -0.05) is 12.1 Å². The first kappa shape index (κ1) is 15.2. The fourth-order valence-electron chi connectivity index (χ4n) is 2.57. The minimum Gasteiger partial charge on any atom is -0.467 e. The molecular formula is C18H15N3O4. The zero-order valence-corrected chi connectivity index (χ0v) is 13.5. The second-order valence-electron chi connectivity index (χ2n) is 5.50. The maximum atomic E-state index is 12.2. The van der Waals surface area contributed by atoms with Crippen molar-refractivity contribution in [3.8, 4) is 17.4 Å². The first-order chi connectivity index (χ1) is 12.2. The van der Waals surface area contributed by atoms with Gasteiger partial charge < -0.3 is 19.5 Å². The molecule has 2 aromatic carbocycles. The molecule has 0 atom stereocenters. The Labute approximate surface area is 143 Å². The van der Waals surface area contributed by atoms with Gasteiger partial charge in [-0.2, -0.15) is 4.98 Å². The molecule has 7 nitrogen and oxygen atoms in total. The van der Waals surface area contributed by atoms with E-state index in [2.05, 4.69) is 15.3 Å². The summed E-state index contributed by atoms with van der Waals surface area (Å²) in [5.74, 6) is 1.96. The number of nitrogens with zero attached hydrogens (tertiary/aromatic N) is 2. The molecule has 25 heavy (non-hydrogen) atoms. The van der Waals surface area contributed by atoms with Crippen molar-refractivity contribution < 1.29 is 19.0 Å². The lowest BCUT2D eigenvalue weighted by atomic mass is 10.2. The van der Waals surface area contributed by atoms with Gasteiger partial charge in [0.05, 0.1) is 10.9 Å². The smallest absolute Gasteiger partial charge is 0.262 e. The summed E-state index contributed by atoms with van der Waals surface area (Å²) in [6, 6.07) is 12.7. The Morgan fingerprint density at radius 3 is 2.92 bits per heavy atom. The van der Waals surface area contributed by atoms with Gasteiger partial charge in [0.15, 0.2) is 18.1 Å². The number of ether oxygens (including phenoxy) is 3. The number of nitrogens with one attached hydrogen (secondary N) is 1. The summed E-state index contributed by atoms with van der Waals surface area (Å²) < 4.78 is 16.1. The number of para-hydroxylation sites is 1. The highest BCUT2D eigenvalue weighted by Crippen LogP contribution is 2.34. The number of fused-ring (bicyclic) bond motifs is 2. The van der Waals surface area contributed by atoms with Crippen LogP contribution in [-0.2, 0) is 4.79 Å². The predicted octanol–water partition coefficient (Wildman–Crippen LogP) is 2.68. The Hall–Kier alpha value is -3.35. The fraction of sp³-hybridized carbons (Fsp3) is 0.167.